The molecule has 1 aliphatic rings. The van der Waals surface area contributed by atoms with Crippen LogP contribution < -0.4 is 11.1 Å². The summed E-state index contributed by atoms with van der Waals surface area (Å²) in [5, 5.41) is 2.81. The van der Waals surface area contributed by atoms with Gasteiger partial charge in [0.2, 0.25) is 0 Å². The standard InChI is InChI=1S/C11H16N2O2/c1-7-4-9(6-15-7)11(14)13-5-10(12)8-2-3-8/h4,6,8,10H,2-3,5,12H2,1H3,(H,13,14). The van der Waals surface area contributed by atoms with Crippen molar-refractivity contribution < 1.29 is 9.21 Å². The Balaban J connectivity index is 1.81. The zero-order valence-corrected chi connectivity index (χ0v) is 8.82. The fourth-order valence-corrected chi connectivity index (χ4v) is 1.57. The zero-order valence-electron chi connectivity index (χ0n) is 8.82. The Morgan fingerprint density at radius 3 is 3.00 bits per heavy atom. The third-order valence-electron chi connectivity index (χ3n) is 2.72. The first-order valence-electron chi connectivity index (χ1n) is 5.25. The van der Waals surface area contributed by atoms with Gasteiger partial charge in [0.1, 0.15) is 12.0 Å². The molecule has 4 nitrogen and oxygen atoms in total. The van der Waals surface area contributed by atoms with Crippen LogP contribution >= 0.6 is 0 Å². The first kappa shape index (κ1) is 10.2. The second-order valence-electron chi connectivity index (χ2n) is 4.16. The number of hydrogen-bond donors (Lipinski definition) is 2. The molecule has 15 heavy (non-hydrogen) atoms. The van der Waals surface area contributed by atoms with Gasteiger partial charge in [-0.05, 0) is 31.7 Å². The van der Waals surface area contributed by atoms with Gasteiger partial charge < -0.3 is 15.5 Å². The maximum Gasteiger partial charge on any atom is 0.254 e. The Kier molecular flexibility index (Phi) is 2.77. The molecule has 0 saturated heterocycles. The number of carbonyl (C=O) groups is 1. The van der Waals surface area contributed by atoms with Crippen molar-refractivity contribution in [3.05, 3.63) is 23.7 Å². The molecule has 4 heteroatoms. The second-order valence-corrected chi connectivity index (χ2v) is 4.16. The molecule has 1 aromatic rings. The Morgan fingerprint density at radius 1 is 1.73 bits per heavy atom. The summed E-state index contributed by atoms with van der Waals surface area (Å²) in [6, 6.07) is 1.82. The van der Waals surface area contributed by atoms with E-state index >= 15 is 0 Å². The summed E-state index contributed by atoms with van der Waals surface area (Å²) in [5.41, 5.74) is 6.44. The monoisotopic (exact) mass is 208 g/mol. The van der Waals surface area contributed by atoms with Crippen LogP contribution in [0.1, 0.15) is 29.0 Å². The average Bonchev–Trinajstić information content (AvgIpc) is 2.97. The lowest BCUT2D eigenvalue weighted by atomic mass is 10.2. The Bertz CT molecular complexity index is 355. The van der Waals surface area contributed by atoms with E-state index in [1.54, 1.807) is 6.07 Å². The van der Waals surface area contributed by atoms with Crippen molar-refractivity contribution in [3.8, 4) is 0 Å². The van der Waals surface area contributed by atoms with E-state index in [1.165, 1.54) is 19.1 Å². The highest BCUT2D eigenvalue weighted by Crippen LogP contribution is 2.31. The van der Waals surface area contributed by atoms with Crippen LogP contribution in [0.4, 0.5) is 0 Å². The van der Waals surface area contributed by atoms with Gasteiger partial charge >= 0.3 is 0 Å². The van der Waals surface area contributed by atoms with Gasteiger partial charge in [0, 0.05) is 12.6 Å². The summed E-state index contributed by atoms with van der Waals surface area (Å²) >= 11 is 0. The quantitative estimate of drug-likeness (QED) is 0.777. The molecule has 1 amide bonds. The van der Waals surface area contributed by atoms with E-state index in [0.29, 0.717) is 18.0 Å². The molecule has 1 aliphatic carbocycles. The molecule has 0 radical (unpaired) electrons. The smallest absolute Gasteiger partial charge is 0.254 e. The summed E-state index contributed by atoms with van der Waals surface area (Å²) in [4.78, 5) is 11.6. The fraction of sp³-hybridized carbons (Fsp3) is 0.545. The normalized spacial score (nSPS) is 17.5. The first-order chi connectivity index (χ1) is 7.16. The van der Waals surface area contributed by atoms with Crippen molar-refractivity contribution in [1.82, 2.24) is 5.32 Å². The van der Waals surface area contributed by atoms with Gasteiger partial charge in [-0.1, -0.05) is 0 Å². The summed E-state index contributed by atoms with van der Waals surface area (Å²) < 4.78 is 5.06. The second kappa shape index (κ2) is 4.06. The molecule has 3 N–H and O–H groups in total. The molecule has 1 fully saturated rings. The van der Waals surface area contributed by atoms with Crippen molar-refractivity contribution in [2.24, 2.45) is 11.7 Å². The summed E-state index contributed by atoms with van der Waals surface area (Å²) in [6.07, 6.45) is 3.86. The molecule has 0 bridgehead atoms. The minimum absolute atomic E-state index is 0.0990. The largest absolute Gasteiger partial charge is 0.469 e. The predicted molar refractivity (Wildman–Crippen MR) is 56.5 cm³/mol. The number of nitrogens with one attached hydrogen (secondary N) is 1. The van der Waals surface area contributed by atoms with Crippen LogP contribution in [0.5, 0.6) is 0 Å². The molecule has 1 unspecified atom stereocenters. The van der Waals surface area contributed by atoms with E-state index in [4.69, 9.17) is 10.2 Å². The van der Waals surface area contributed by atoms with Crippen molar-refractivity contribution in [1.29, 1.82) is 0 Å². The van der Waals surface area contributed by atoms with Crippen LogP contribution in [-0.2, 0) is 0 Å². The van der Waals surface area contributed by atoms with E-state index in [2.05, 4.69) is 5.32 Å². The molecule has 0 aromatic carbocycles. The minimum Gasteiger partial charge on any atom is -0.469 e. The Morgan fingerprint density at radius 2 is 2.47 bits per heavy atom. The maximum absolute atomic E-state index is 11.6. The van der Waals surface area contributed by atoms with Crippen molar-refractivity contribution in [3.63, 3.8) is 0 Å². The minimum atomic E-state index is -0.108. The van der Waals surface area contributed by atoms with Crippen LogP contribution in [0.15, 0.2) is 16.7 Å². The topological polar surface area (TPSA) is 68.3 Å². The first-order valence-corrected chi connectivity index (χ1v) is 5.25. The Hall–Kier alpha value is -1.29. The van der Waals surface area contributed by atoms with E-state index in [0.717, 1.165) is 5.76 Å². The van der Waals surface area contributed by atoms with Crippen molar-refractivity contribution in [2.75, 3.05) is 6.54 Å². The van der Waals surface area contributed by atoms with Crippen LogP contribution in [0.25, 0.3) is 0 Å². The predicted octanol–water partition coefficient (Wildman–Crippen LogP) is 1.06. The molecule has 1 heterocycles. The molecule has 2 rings (SSSR count). The average molecular weight is 208 g/mol. The van der Waals surface area contributed by atoms with Crippen LogP contribution in [0, 0.1) is 12.8 Å². The number of furan rings is 1. The van der Waals surface area contributed by atoms with E-state index in [-0.39, 0.29) is 11.9 Å². The van der Waals surface area contributed by atoms with Gasteiger partial charge in [0.25, 0.3) is 5.91 Å². The fourth-order valence-electron chi connectivity index (χ4n) is 1.57. The molecule has 0 spiro atoms. The molecule has 0 aliphatic heterocycles. The third-order valence-corrected chi connectivity index (χ3v) is 2.72. The van der Waals surface area contributed by atoms with Crippen LogP contribution in [0.2, 0.25) is 0 Å². The molecule has 1 saturated carbocycles. The molecular weight excluding hydrogens is 192 g/mol. The van der Waals surface area contributed by atoms with E-state index < -0.39 is 0 Å². The number of amides is 1. The van der Waals surface area contributed by atoms with E-state index in [9.17, 15) is 4.79 Å². The van der Waals surface area contributed by atoms with Gasteiger partial charge in [-0.3, -0.25) is 4.79 Å². The number of rotatable bonds is 4. The number of carbonyl (C=O) groups excluding carboxylic acids is 1. The highest BCUT2D eigenvalue weighted by Gasteiger charge is 2.28. The van der Waals surface area contributed by atoms with Gasteiger partial charge in [-0.2, -0.15) is 0 Å². The lowest BCUT2D eigenvalue weighted by Gasteiger charge is -2.10. The zero-order chi connectivity index (χ0) is 10.8. The lowest BCUT2D eigenvalue weighted by molar-refractivity contribution is 0.0949. The summed E-state index contributed by atoms with van der Waals surface area (Å²) in [5.74, 6) is 1.24. The van der Waals surface area contributed by atoms with Gasteiger partial charge in [-0.15, -0.1) is 0 Å². The SMILES string of the molecule is Cc1cc(C(=O)NCC(N)C2CC2)co1. The summed E-state index contributed by atoms with van der Waals surface area (Å²) in [6.45, 7) is 2.36. The number of aryl methyl sites for hydroxylation is 1. The van der Waals surface area contributed by atoms with Crippen molar-refractivity contribution >= 4 is 5.91 Å². The molecule has 1 atom stereocenters. The van der Waals surface area contributed by atoms with Crippen molar-refractivity contribution in [2.45, 2.75) is 25.8 Å². The van der Waals surface area contributed by atoms with Crippen LogP contribution in [0.3, 0.4) is 0 Å². The van der Waals surface area contributed by atoms with Crippen LogP contribution in [-0.4, -0.2) is 18.5 Å². The highest BCUT2D eigenvalue weighted by atomic mass is 16.3. The number of nitrogens with two attached hydrogens (primary N) is 1. The van der Waals surface area contributed by atoms with Gasteiger partial charge in [0.15, 0.2) is 0 Å². The van der Waals surface area contributed by atoms with Gasteiger partial charge in [0.05, 0.1) is 5.56 Å². The number of hydrogen-bond acceptors (Lipinski definition) is 3. The maximum atomic E-state index is 11.6. The Labute approximate surface area is 88.8 Å². The summed E-state index contributed by atoms with van der Waals surface area (Å²) in [7, 11) is 0. The third kappa shape index (κ3) is 2.59. The van der Waals surface area contributed by atoms with Gasteiger partial charge in [-0.25, -0.2) is 0 Å². The lowest BCUT2D eigenvalue weighted by Crippen LogP contribution is -2.38. The van der Waals surface area contributed by atoms with E-state index in [1.807, 2.05) is 6.92 Å². The molecule has 1 aromatic heterocycles. The highest BCUT2D eigenvalue weighted by molar-refractivity contribution is 5.93. The molecule has 82 valence electrons. The molecular formula is C11H16N2O2.